The highest BCUT2D eigenvalue weighted by atomic mass is 32.2. The molecule has 0 saturated carbocycles. The van der Waals surface area contributed by atoms with E-state index in [0.29, 0.717) is 24.0 Å². The summed E-state index contributed by atoms with van der Waals surface area (Å²) in [4.78, 5) is 0.210. The largest absolute Gasteiger partial charge is 0.491 e. The number of rotatable bonds is 4. The zero-order valence-corrected chi connectivity index (χ0v) is 10.5. The average Bonchev–Trinajstić information content (AvgIpc) is 2.14. The summed E-state index contributed by atoms with van der Waals surface area (Å²) in [5.74, 6) is 0.926. The Morgan fingerprint density at radius 2 is 2.00 bits per heavy atom. The van der Waals surface area contributed by atoms with Gasteiger partial charge in [0.1, 0.15) is 5.75 Å². The fourth-order valence-electron chi connectivity index (χ4n) is 1.15. The Morgan fingerprint density at radius 3 is 2.44 bits per heavy atom. The van der Waals surface area contributed by atoms with Crippen LogP contribution in [-0.4, -0.2) is 21.3 Å². The van der Waals surface area contributed by atoms with Crippen LogP contribution in [0.3, 0.4) is 0 Å². The molecule has 0 aliphatic carbocycles. The Kier molecular flexibility index (Phi) is 3.80. The van der Waals surface area contributed by atoms with Gasteiger partial charge in [0.25, 0.3) is 0 Å². The van der Waals surface area contributed by atoms with Crippen LogP contribution < -0.4 is 10.5 Å². The molecule has 0 amide bonds. The highest BCUT2D eigenvalue weighted by Crippen LogP contribution is 2.25. The topological polar surface area (TPSA) is 69.4 Å². The Labute approximate surface area is 96.3 Å². The zero-order valence-electron chi connectivity index (χ0n) is 9.73. The van der Waals surface area contributed by atoms with Crippen LogP contribution in [0.5, 0.6) is 5.75 Å². The van der Waals surface area contributed by atoms with Gasteiger partial charge in [0.2, 0.25) is 0 Å². The van der Waals surface area contributed by atoms with Crippen molar-refractivity contribution in [2.24, 2.45) is 5.92 Å². The van der Waals surface area contributed by atoms with Crippen LogP contribution >= 0.6 is 0 Å². The van der Waals surface area contributed by atoms with Crippen molar-refractivity contribution in [2.45, 2.75) is 18.7 Å². The smallest absolute Gasteiger partial charge is 0.175 e. The molecule has 1 aromatic rings. The molecule has 0 bridgehead atoms. The quantitative estimate of drug-likeness (QED) is 0.817. The van der Waals surface area contributed by atoms with Gasteiger partial charge in [-0.05, 0) is 24.1 Å². The fourth-order valence-corrected chi connectivity index (χ4v) is 1.80. The monoisotopic (exact) mass is 243 g/mol. The second-order valence-electron chi connectivity index (χ2n) is 4.18. The van der Waals surface area contributed by atoms with Gasteiger partial charge >= 0.3 is 0 Å². The minimum atomic E-state index is -3.21. The molecule has 1 aromatic carbocycles. The number of ether oxygens (including phenoxy) is 1. The number of benzene rings is 1. The SMILES string of the molecule is CC(C)COc1ccc(S(C)(=O)=O)cc1N. The van der Waals surface area contributed by atoms with Gasteiger partial charge < -0.3 is 10.5 Å². The molecule has 0 aliphatic rings. The summed E-state index contributed by atoms with van der Waals surface area (Å²) in [6, 6.07) is 4.51. The van der Waals surface area contributed by atoms with Gasteiger partial charge in [0.05, 0.1) is 17.2 Å². The Bertz CT molecular complexity index is 466. The number of nitrogen functional groups attached to an aromatic ring is 1. The summed E-state index contributed by atoms with van der Waals surface area (Å²) >= 11 is 0. The minimum absolute atomic E-state index is 0.210. The van der Waals surface area contributed by atoms with E-state index in [-0.39, 0.29) is 4.90 Å². The van der Waals surface area contributed by atoms with E-state index in [2.05, 4.69) is 0 Å². The lowest BCUT2D eigenvalue weighted by Gasteiger charge is -2.11. The van der Waals surface area contributed by atoms with E-state index in [1.165, 1.54) is 12.1 Å². The van der Waals surface area contributed by atoms with Crippen molar-refractivity contribution in [3.63, 3.8) is 0 Å². The molecule has 16 heavy (non-hydrogen) atoms. The molecule has 1 rings (SSSR count). The second-order valence-corrected chi connectivity index (χ2v) is 6.19. The van der Waals surface area contributed by atoms with E-state index in [0.717, 1.165) is 6.26 Å². The molecule has 4 nitrogen and oxygen atoms in total. The maximum Gasteiger partial charge on any atom is 0.175 e. The molecule has 0 atom stereocenters. The van der Waals surface area contributed by atoms with Crippen molar-refractivity contribution in [2.75, 3.05) is 18.6 Å². The molecule has 0 spiro atoms. The highest BCUT2D eigenvalue weighted by molar-refractivity contribution is 7.90. The molecule has 0 radical (unpaired) electrons. The highest BCUT2D eigenvalue weighted by Gasteiger charge is 2.10. The second kappa shape index (κ2) is 4.74. The number of hydrogen-bond donors (Lipinski definition) is 1. The molecule has 0 aliphatic heterocycles. The Balaban J connectivity index is 2.92. The molecule has 0 aromatic heterocycles. The molecule has 5 heteroatoms. The first-order valence-corrected chi connectivity index (χ1v) is 6.92. The lowest BCUT2D eigenvalue weighted by Crippen LogP contribution is -2.07. The maximum atomic E-state index is 11.3. The van der Waals surface area contributed by atoms with Crippen molar-refractivity contribution in [3.8, 4) is 5.75 Å². The van der Waals surface area contributed by atoms with Gasteiger partial charge in [-0.3, -0.25) is 0 Å². The van der Waals surface area contributed by atoms with Crippen LogP contribution in [0, 0.1) is 5.92 Å². The van der Waals surface area contributed by atoms with Crippen LogP contribution in [0.2, 0.25) is 0 Å². The summed E-state index contributed by atoms with van der Waals surface area (Å²) < 4.78 is 28.0. The normalized spacial score (nSPS) is 11.8. The lowest BCUT2D eigenvalue weighted by molar-refractivity contribution is 0.272. The summed E-state index contributed by atoms with van der Waals surface area (Å²) in [6.45, 7) is 4.62. The van der Waals surface area contributed by atoms with Gasteiger partial charge in [0.15, 0.2) is 9.84 Å². The van der Waals surface area contributed by atoms with Gasteiger partial charge in [-0.2, -0.15) is 0 Å². The fraction of sp³-hybridized carbons (Fsp3) is 0.455. The molecule has 0 saturated heterocycles. The number of sulfone groups is 1. The van der Waals surface area contributed by atoms with E-state index in [9.17, 15) is 8.42 Å². The lowest BCUT2D eigenvalue weighted by atomic mass is 10.2. The molecule has 2 N–H and O–H groups in total. The van der Waals surface area contributed by atoms with Crippen molar-refractivity contribution in [3.05, 3.63) is 18.2 Å². The Hall–Kier alpha value is -1.23. The third-order valence-electron chi connectivity index (χ3n) is 1.98. The van der Waals surface area contributed by atoms with E-state index in [1.807, 2.05) is 13.8 Å². The van der Waals surface area contributed by atoms with Crippen molar-refractivity contribution < 1.29 is 13.2 Å². The standard InChI is InChI=1S/C11H17NO3S/c1-8(2)7-15-11-5-4-9(6-10(11)12)16(3,13)14/h4-6,8H,7,12H2,1-3H3. The third kappa shape index (κ3) is 3.41. The number of anilines is 1. The number of nitrogens with two attached hydrogens (primary N) is 1. The van der Waals surface area contributed by atoms with Gasteiger partial charge in [0, 0.05) is 6.26 Å². The molecular formula is C11H17NO3S. The summed E-state index contributed by atoms with van der Waals surface area (Å²) in [5.41, 5.74) is 6.07. The van der Waals surface area contributed by atoms with Gasteiger partial charge in [-0.25, -0.2) is 8.42 Å². The van der Waals surface area contributed by atoms with Gasteiger partial charge in [-0.15, -0.1) is 0 Å². The maximum absolute atomic E-state index is 11.3. The predicted molar refractivity (Wildman–Crippen MR) is 64.3 cm³/mol. The molecule has 0 heterocycles. The first kappa shape index (κ1) is 12.8. The van der Waals surface area contributed by atoms with Crippen LogP contribution in [0.15, 0.2) is 23.1 Å². The van der Waals surface area contributed by atoms with Crippen molar-refractivity contribution in [1.82, 2.24) is 0 Å². The molecule has 0 unspecified atom stereocenters. The first-order valence-electron chi connectivity index (χ1n) is 5.03. The van der Waals surface area contributed by atoms with Crippen LogP contribution in [0.1, 0.15) is 13.8 Å². The predicted octanol–water partition coefficient (Wildman–Crippen LogP) is 1.71. The molecule has 0 fully saturated rings. The van der Waals surface area contributed by atoms with Crippen LogP contribution in [0.4, 0.5) is 5.69 Å². The van der Waals surface area contributed by atoms with Crippen LogP contribution in [-0.2, 0) is 9.84 Å². The number of hydrogen-bond acceptors (Lipinski definition) is 4. The first-order chi connectivity index (χ1) is 7.30. The zero-order chi connectivity index (χ0) is 12.3. The molecular weight excluding hydrogens is 226 g/mol. The Morgan fingerprint density at radius 1 is 1.38 bits per heavy atom. The summed E-state index contributed by atoms with van der Waals surface area (Å²) in [6.07, 6.45) is 1.15. The minimum Gasteiger partial charge on any atom is -0.491 e. The van der Waals surface area contributed by atoms with Crippen LogP contribution in [0.25, 0.3) is 0 Å². The van der Waals surface area contributed by atoms with E-state index >= 15 is 0 Å². The van der Waals surface area contributed by atoms with Gasteiger partial charge in [-0.1, -0.05) is 13.8 Å². The molecule has 90 valence electrons. The van der Waals surface area contributed by atoms with E-state index < -0.39 is 9.84 Å². The van der Waals surface area contributed by atoms with Crippen molar-refractivity contribution >= 4 is 15.5 Å². The summed E-state index contributed by atoms with van der Waals surface area (Å²) in [7, 11) is -3.21. The third-order valence-corrected chi connectivity index (χ3v) is 3.09. The summed E-state index contributed by atoms with van der Waals surface area (Å²) in [5, 5.41) is 0. The van der Waals surface area contributed by atoms with Crippen molar-refractivity contribution in [1.29, 1.82) is 0 Å². The average molecular weight is 243 g/mol. The van der Waals surface area contributed by atoms with E-state index in [4.69, 9.17) is 10.5 Å². The van der Waals surface area contributed by atoms with E-state index in [1.54, 1.807) is 6.07 Å².